The Kier molecular flexibility index (Phi) is 3.76. The van der Waals surface area contributed by atoms with Crippen molar-refractivity contribution in [1.82, 2.24) is 4.57 Å². The van der Waals surface area contributed by atoms with Gasteiger partial charge in [-0.15, -0.1) is 0 Å². The number of aromatic nitrogens is 1. The van der Waals surface area contributed by atoms with Gasteiger partial charge in [-0.3, -0.25) is 4.79 Å². The Morgan fingerprint density at radius 2 is 1.72 bits per heavy atom. The van der Waals surface area contributed by atoms with Crippen LogP contribution in [0.4, 0.5) is 0 Å². The number of ketones is 1. The molecule has 4 nitrogen and oxygen atoms in total. The van der Waals surface area contributed by atoms with Gasteiger partial charge in [0.1, 0.15) is 5.25 Å². The van der Waals surface area contributed by atoms with Crippen LogP contribution in [-0.2, 0) is 16.4 Å². The summed E-state index contributed by atoms with van der Waals surface area (Å²) in [5, 5.41) is 0.162. The second-order valence-corrected chi connectivity index (χ2v) is 8.60. The molecular weight excluding hydrogens is 334 g/mol. The monoisotopic (exact) mass is 353 g/mol. The molecule has 1 aliphatic rings. The summed E-state index contributed by atoms with van der Waals surface area (Å²) in [7, 11) is -3.55. The standard InChI is InChI=1S/C20H19NO3S/c1-14(22)19-16-10-5-6-11-17(16)21-13-7-12-18(20(19)21)25(23,24)15-8-3-2-4-9-15/h2-6,8-11,18H,7,12-13H2,1H3. The molecule has 4 rings (SSSR count). The number of sulfone groups is 1. The number of carbonyl (C=O) groups excluding carboxylic acids is 1. The van der Waals surface area contributed by atoms with Gasteiger partial charge in [-0.25, -0.2) is 8.42 Å². The molecule has 0 amide bonds. The minimum Gasteiger partial charge on any atom is -0.343 e. The molecule has 3 aromatic rings. The second-order valence-electron chi connectivity index (χ2n) is 6.47. The van der Waals surface area contributed by atoms with Crippen LogP contribution in [0.15, 0.2) is 59.5 Å². The second kappa shape index (κ2) is 5.85. The van der Waals surface area contributed by atoms with Crippen molar-refractivity contribution in [2.24, 2.45) is 0 Å². The first-order valence-electron chi connectivity index (χ1n) is 8.43. The normalized spacial score (nSPS) is 17.4. The summed E-state index contributed by atoms with van der Waals surface area (Å²) in [5.41, 5.74) is 2.15. The molecule has 0 saturated carbocycles. The molecule has 0 bridgehead atoms. The highest BCUT2D eigenvalue weighted by atomic mass is 32.2. The van der Waals surface area contributed by atoms with Crippen molar-refractivity contribution in [3.05, 3.63) is 65.9 Å². The first-order valence-corrected chi connectivity index (χ1v) is 9.97. The van der Waals surface area contributed by atoms with Crippen LogP contribution in [0.3, 0.4) is 0 Å². The number of nitrogens with zero attached hydrogens (tertiary/aromatic N) is 1. The highest BCUT2D eigenvalue weighted by molar-refractivity contribution is 7.91. The molecule has 0 N–H and O–H groups in total. The molecule has 2 heterocycles. The topological polar surface area (TPSA) is 56.1 Å². The van der Waals surface area contributed by atoms with Gasteiger partial charge in [-0.05, 0) is 38.0 Å². The summed E-state index contributed by atoms with van der Waals surface area (Å²) < 4.78 is 28.6. The molecule has 128 valence electrons. The van der Waals surface area contributed by atoms with Crippen LogP contribution in [0.2, 0.25) is 0 Å². The molecule has 1 atom stereocenters. The van der Waals surface area contributed by atoms with Gasteiger partial charge in [0.25, 0.3) is 0 Å². The van der Waals surface area contributed by atoms with Crippen molar-refractivity contribution < 1.29 is 13.2 Å². The third kappa shape index (κ3) is 2.42. The smallest absolute Gasteiger partial charge is 0.186 e. The van der Waals surface area contributed by atoms with Crippen molar-refractivity contribution >= 4 is 26.5 Å². The summed E-state index contributed by atoms with van der Waals surface area (Å²) >= 11 is 0. The third-order valence-electron chi connectivity index (χ3n) is 4.96. The van der Waals surface area contributed by atoms with E-state index in [0.717, 1.165) is 23.9 Å². The number of hydrogen-bond donors (Lipinski definition) is 0. The number of hydrogen-bond acceptors (Lipinski definition) is 3. The predicted molar refractivity (Wildman–Crippen MR) is 97.5 cm³/mol. The molecule has 2 aromatic carbocycles. The Balaban J connectivity index is 2.01. The van der Waals surface area contributed by atoms with Crippen molar-refractivity contribution in [3.63, 3.8) is 0 Å². The van der Waals surface area contributed by atoms with E-state index < -0.39 is 15.1 Å². The highest BCUT2D eigenvalue weighted by Crippen LogP contribution is 2.42. The Morgan fingerprint density at radius 3 is 2.44 bits per heavy atom. The predicted octanol–water partition coefficient (Wildman–Crippen LogP) is 4.15. The van der Waals surface area contributed by atoms with Crippen molar-refractivity contribution in [3.8, 4) is 0 Å². The van der Waals surface area contributed by atoms with Gasteiger partial charge >= 0.3 is 0 Å². The molecule has 1 aromatic heterocycles. The number of para-hydroxylation sites is 1. The van der Waals surface area contributed by atoms with Crippen molar-refractivity contribution in [2.75, 3.05) is 0 Å². The van der Waals surface area contributed by atoms with Crippen LogP contribution in [0.5, 0.6) is 0 Å². The Labute approximate surface area is 147 Å². The number of aryl methyl sites for hydroxylation is 1. The zero-order valence-corrected chi connectivity index (χ0v) is 14.8. The lowest BCUT2D eigenvalue weighted by atomic mass is 10.0. The van der Waals surface area contributed by atoms with Crippen molar-refractivity contribution in [1.29, 1.82) is 0 Å². The minimum absolute atomic E-state index is 0.0832. The summed E-state index contributed by atoms with van der Waals surface area (Å²) in [5.74, 6) is -0.0832. The van der Waals surface area contributed by atoms with E-state index in [9.17, 15) is 13.2 Å². The zero-order valence-electron chi connectivity index (χ0n) is 14.0. The Hall–Kier alpha value is -2.40. The number of carbonyl (C=O) groups is 1. The third-order valence-corrected chi connectivity index (χ3v) is 7.10. The molecular formula is C20H19NO3S. The molecule has 1 unspecified atom stereocenters. The number of rotatable bonds is 3. The maximum Gasteiger partial charge on any atom is 0.186 e. The maximum atomic E-state index is 13.3. The van der Waals surface area contributed by atoms with Crippen molar-refractivity contribution in [2.45, 2.75) is 36.5 Å². The molecule has 1 aliphatic heterocycles. The van der Waals surface area contributed by atoms with Gasteiger partial charge in [-0.1, -0.05) is 36.4 Å². The SMILES string of the molecule is CC(=O)c1c2n(c3ccccc13)CCCC2S(=O)(=O)c1ccccc1. The maximum absolute atomic E-state index is 13.3. The summed E-state index contributed by atoms with van der Waals surface area (Å²) in [6.07, 6.45) is 1.31. The lowest BCUT2D eigenvalue weighted by Crippen LogP contribution is -2.24. The average Bonchev–Trinajstić information content (AvgIpc) is 2.97. The molecule has 25 heavy (non-hydrogen) atoms. The largest absolute Gasteiger partial charge is 0.343 e. The first-order chi connectivity index (χ1) is 12.0. The molecule has 0 radical (unpaired) electrons. The van der Waals surface area contributed by atoms with Crippen LogP contribution in [0.25, 0.3) is 10.9 Å². The molecule has 0 saturated heterocycles. The minimum atomic E-state index is -3.55. The number of Topliss-reactive ketones (excluding diaryl/α,β-unsaturated/α-hetero) is 1. The highest BCUT2D eigenvalue weighted by Gasteiger charge is 2.37. The fourth-order valence-corrected chi connectivity index (χ4v) is 5.80. The van der Waals surface area contributed by atoms with E-state index in [2.05, 4.69) is 0 Å². The molecule has 5 heteroatoms. The van der Waals surface area contributed by atoms with Crippen LogP contribution < -0.4 is 0 Å². The first kappa shape index (κ1) is 16.1. The van der Waals surface area contributed by atoms with E-state index in [-0.39, 0.29) is 5.78 Å². The Morgan fingerprint density at radius 1 is 1.04 bits per heavy atom. The van der Waals surface area contributed by atoms with Gasteiger partial charge in [0, 0.05) is 28.7 Å². The summed E-state index contributed by atoms with van der Waals surface area (Å²) in [6, 6.07) is 16.2. The number of benzene rings is 2. The van der Waals surface area contributed by atoms with Gasteiger partial charge in [0.15, 0.2) is 15.6 Å². The van der Waals surface area contributed by atoms with Gasteiger partial charge < -0.3 is 4.57 Å². The van der Waals surface area contributed by atoms with E-state index in [1.165, 1.54) is 6.92 Å². The van der Waals surface area contributed by atoms with Gasteiger partial charge in [0.2, 0.25) is 0 Å². The summed E-state index contributed by atoms with van der Waals surface area (Å²) in [4.78, 5) is 12.7. The molecule has 0 aliphatic carbocycles. The molecule has 0 spiro atoms. The lowest BCUT2D eigenvalue weighted by Gasteiger charge is -2.26. The lowest BCUT2D eigenvalue weighted by molar-refractivity contribution is 0.101. The van der Waals surface area contributed by atoms with Gasteiger partial charge in [0.05, 0.1) is 4.90 Å². The van der Waals surface area contributed by atoms with Gasteiger partial charge in [-0.2, -0.15) is 0 Å². The average molecular weight is 353 g/mol. The quantitative estimate of drug-likeness (QED) is 0.665. The zero-order chi connectivity index (χ0) is 17.6. The number of fused-ring (bicyclic) bond motifs is 3. The molecule has 0 fully saturated rings. The van der Waals surface area contributed by atoms with Crippen LogP contribution >= 0.6 is 0 Å². The van der Waals surface area contributed by atoms with E-state index in [1.807, 2.05) is 28.8 Å². The van der Waals surface area contributed by atoms with E-state index in [4.69, 9.17) is 0 Å². The Bertz CT molecular complexity index is 1070. The van der Waals surface area contributed by atoms with Crippen LogP contribution in [-0.4, -0.2) is 18.8 Å². The van der Waals surface area contributed by atoms with Crippen LogP contribution in [0, 0.1) is 0 Å². The van der Waals surface area contributed by atoms with E-state index in [0.29, 0.717) is 22.6 Å². The fourth-order valence-electron chi connectivity index (χ4n) is 3.92. The van der Waals surface area contributed by atoms with E-state index in [1.54, 1.807) is 30.3 Å². The van der Waals surface area contributed by atoms with Crippen LogP contribution in [0.1, 0.15) is 41.1 Å². The van der Waals surface area contributed by atoms with E-state index >= 15 is 0 Å². The fraction of sp³-hybridized carbons (Fsp3) is 0.250. The summed E-state index contributed by atoms with van der Waals surface area (Å²) in [6.45, 7) is 2.26.